The molecule has 6 nitrogen and oxygen atoms in total. The fourth-order valence-electron chi connectivity index (χ4n) is 1.52. The molecule has 0 aliphatic carbocycles. The maximum Gasteiger partial charge on any atom is 0.241 e. The van der Waals surface area contributed by atoms with Gasteiger partial charge in [0.05, 0.1) is 0 Å². The highest BCUT2D eigenvalue weighted by Crippen LogP contribution is 1.93. The van der Waals surface area contributed by atoms with Crippen molar-refractivity contribution in [1.82, 2.24) is 25.1 Å². The van der Waals surface area contributed by atoms with Crippen LogP contribution in [0.1, 0.15) is 12.2 Å². The van der Waals surface area contributed by atoms with Gasteiger partial charge >= 0.3 is 0 Å². The summed E-state index contributed by atoms with van der Waals surface area (Å²) in [5, 5.41) is 6.81. The number of aryl methyl sites for hydroxylation is 1. The summed E-state index contributed by atoms with van der Waals surface area (Å²) in [5.74, 6) is 0.930. The van der Waals surface area contributed by atoms with Gasteiger partial charge in [0.1, 0.15) is 12.4 Å². The number of amides is 1. The maximum absolute atomic E-state index is 11.5. The lowest BCUT2D eigenvalue weighted by Gasteiger charge is -2.04. The number of carbonyl (C=O) groups is 1. The Labute approximate surface area is 99.1 Å². The minimum atomic E-state index is -0.0202. The standard InChI is InChI=1S/C11H15N5O/c17-11(9-16-8-2-5-15-16)14-4-1-3-10-12-6-7-13-10/h2,5-8H,1,3-4,9H2,(H,12,13)(H,14,17). The summed E-state index contributed by atoms with van der Waals surface area (Å²) >= 11 is 0. The van der Waals surface area contributed by atoms with Crippen LogP contribution in [-0.2, 0) is 17.8 Å². The Bertz CT molecular complexity index is 434. The normalized spacial score (nSPS) is 10.4. The second-order valence-corrected chi connectivity index (χ2v) is 3.69. The molecule has 0 atom stereocenters. The molecule has 0 saturated carbocycles. The average Bonchev–Trinajstić information content (AvgIpc) is 2.96. The Morgan fingerprint density at radius 1 is 1.47 bits per heavy atom. The van der Waals surface area contributed by atoms with E-state index in [1.165, 1.54) is 0 Å². The van der Waals surface area contributed by atoms with Crippen LogP contribution < -0.4 is 5.32 Å². The van der Waals surface area contributed by atoms with Crippen molar-refractivity contribution in [2.24, 2.45) is 0 Å². The first kappa shape index (κ1) is 11.4. The van der Waals surface area contributed by atoms with Crippen LogP contribution in [0.2, 0.25) is 0 Å². The Balaban J connectivity index is 1.60. The van der Waals surface area contributed by atoms with E-state index in [4.69, 9.17) is 0 Å². The number of imidazole rings is 1. The topological polar surface area (TPSA) is 75.6 Å². The molecule has 0 fully saturated rings. The molecule has 1 amide bonds. The fourth-order valence-corrected chi connectivity index (χ4v) is 1.52. The molecule has 0 unspecified atom stereocenters. The van der Waals surface area contributed by atoms with Crippen LogP contribution in [0.15, 0.2) is 30.9 Å². The van der Waals surface area contributed by atoms with Gasteiger partial charge in [-0.05, 0) is 12.5 Å². The Morgan fingerprint density at radius 2 is 2.41 bits per heavy atom. The first-order valence-electron chi connectivity index (χ1n) is 5.57. The van der Waals surface area contributed by atoms with Gasteiger partial charge in [0.2, 0.25) is 5.91 Å². The van der Waals surface area contributed by atoms with Crippen LogP contribution in [-0.4, -0.2) is 32.2 Å². The van der Waals surface area contributed by atoms with Gasteiger partial charge in [0.25, 0.3) is 0 Å². The number of hydrogen-bond acceptors (Lipinski definition) is 3. The molecule has 0 aliphatic rings. The van der Waals surface area contributed by atoms with E-state index in [-0.39, 0.29) is 12.5 Å². The highest BCUT2D eigenvalue weighted by Gasteiger charge is 2.02. The van der Waals surface area contributed by atoms with Crippen molar-refractivity contribution in [1.29, 1.82) is 0 Å². The summed E-state index contributed by atoms with van der Waals surface area (Å²) in [6.45, 7) is 0.925. The number of aromatic nitrogens is 4. The third-order valence-corrected chi connectivity index (χ3v) is 2.33. The molecule has 0 saturated heterocycles. The van der Waals surface area contributed by atoms with Gasteiger partial charge < -0.3 is 10.3 Å². The van der Waals surface area contributed by atoms with Crippen molar-refractivity contribution in [2.75, 3.05) is 6.54 Å². The van der Waals surface area contributed by atoms with Gasteiger partial charge in [-0.1, -0.05) is 0 Å². The highest BCUT2D eigenvalue weighted by molar-refractivity contribution is 5.75. The Morgan fingerprint density at radius 3 is 3.12 bits per heavy atom. The van der Waals surface area contributed by atoms with Crippen LogP contribution in [0.4, 0.5) is 0 Å². The van der Waals surface area contributed by atoms with E-state index in [9.17, 15) is 4.79 Å². The molecule has 2 aromatic rings. The predicted molar refractivity (Wildman–Crippen MR) is 62.1 cm³/mol. The van der Waals surface area contributed by atoms with Crippen molar-refractivity contribution >= 4 is 5.91 Å². The van der Waals surface area contributed by atoms with E-state index in [1.807, 2.05) is 0 Å². The van der Waals surface area contributed by atoms with Crippen LogP contribution in [0.25, 0.3) is 0 Å². The molecular weight excluding hydrogens is 218 g/mol. The summed E-state index contributed by atoms with van der Waals surface area (Å²) in [6.07, 6.45) is 8.66. The predicted octanol–water partition coefficient (Wildman–Crippen LogP) is 0.355. The molecule has 2 N–H and O–H groups in total. The fraction of sp³-hybridized carbons (Fsp3) is 0.364. The molecule has 0 radical (unpaired) electrons. The molecule has 6 heteroatoms. The van der Waals surface area contributed by atoms with Crippen molar-refractivity contribution < 1.29 is 4.79 Å². The summed E-state index contributed by atoms with van der Waals surface area (Å²) in [5.41, 5.74) is 0. The lowest BCUT2D eigenvalue weighted by molar-refractivity contribution is -0.121. The monoisotopic (exact) mass is 233 g/mol. The Hall–Kier alpha value is -2.11. The molecule has 2 rings (SSSR count). The van der Waals surface area contributed by atoms with Gasteiger partial charge in [-0.3, -0.25) is 9.48 Å². The molecule has 2 heterocycles. The van der Waals surface area contributed by atoms with E-state index in [0.717, 1.165) is 18.7 Å². The maximum atomic E-state index is 11.5. The molecule has 17 heavy (non-hydrogen) atoms. The quantitative estimate of drug-likeness (QED) is 0.707. The number of hydrogen-bond donors (Lipinski definition) is 2. The SMILES string of the molecule is O=C(Cn1cccn1)NCCCc1ncc[nH]1. The molecule has 0 aromatic carbocycles. The van der Waals surface area contributed by atoms with Gasteiger partial charge in [0.15, 0.2) is 0 Å². The van der Waals surface area contributed by atoms with E-state index in [0.29, 0.717) is 6.54 Å². The van der Waals surface area contributed by atoms with Gasteiger partial charge in [-0.25, -0.2) is 4.98 Å². The summed E-state index contributed by atoms with van der Waals surface area (Å²) < 4.78 is 1.60. The highest BCUT2D eigenvalue weighted by atomic mass is 16.2. The van der Waals surface area contributed by atoms with E-state index in [1.54, 1.807) is 35.5 Å². The van der Waals surface area contributed by atoms with Crippen LogP contribution >= 0.6 is 0 Å². The van der Waals surface area contributed by atoms with Gasteiger partial charge in [-0.15, -0.1) is 0 Å². The third kappa shape index (κ3) is 3.75. The van der Waals surface area contributed by atoms with Crippen molar-refractivity contribution in [3.05, 3.63) is 36.7 Å². The number of nitrogens with one attached hydrogen (secondary N) is 2. The van der Waals surface area contributed by atoms with Crippen molar-refractivity contribution in [3.8, 4) is 0 Å². The van der Waals surface area contributed by atoms with E-state index < -0.39 is 0 Å². The van der Waals surface area contributed by atoms with Crippen LogP contribution in [0.3, 0.4) is 0 Å². The molecule has 0 aliphatic heterocycles. The van der Waals surface area contributed by atoms with Crippen molar-refractivity contribution in [3.63, 3.8) is 0 Å². The van der Waals surface area contributed by atoms with Crippen molar-refractivity contribution in [2.45, 2.75) is 19.4 Å². The second-order valence-electron chi connectivity index (χ2n) is 3.69. The number of nitrogens with zero attached hydrogens (tertiary/aromatic N) is 3. The lowest BCUT2D eigenvalue weighted by atomic mass is 10.3. The van der Waals surface area contributed by atoms with Gasteiger partial charge in [0, 0.05) is 37.8 Å². The lowest BCUT2D eigenvalue weighted by Crippen LogP contribution is -2.28. The molecule has 90 valence electrons. The first-order valence-corrected chi connectivity index (χ1v) is 5.57. The molecular formula is C11H15N5O. The Kier molecular flexibility index (Phi) is 3.90. The minimum absolute atomic E-state index is 0.0202. The zero-order valence-electron chi connectivity index (χ0n) is 9.47. The average molecular weight is 233 g/mol. The zero-order chi connectivity index (χ0) is 11.9. The number of rotatable bonds is 6. The minimum Gasteiger partial charge on any atom is -0.354 e. The second kappa shape index (κ2) is 5.83. The molecule has 2 aromatic heterocycles. The number of carbonyl (C=O) groups excluding carboxylic acids is 1. The van der Waals surface area contributed by atoms with E-state index >= 15 is 0 Å². The molecule has 0 bridgehead atoms. The zero-order valence-corrected chi connectivity index (χ0v) is 9.47. The van der Waals surface area contributed by atoms with E-state index in [2.05, 4.69) is 20.4 Å². The van der Waals surface area contributed by atoms with Crippen LogP contribution in [0.5, 0.6) is 0 Å². The first-order chi connectivity index (χ1) is 8.34. The largest absolute Gasteiger partial charge is 0.354 e. The smallest absolute Gasteiger partial charge is 0.241 e. The third-order valence-electron chi connectivity index (χ3n) is 2.33. The summed E-state index contributed by atoms with van der Waals surface area (Å²) in [4.78, 5) is 18.6. The summed E-state index contributed by atoms with van der Waals surface area (Å²) in [6, 6.07) is 1.80. The number of aromatic amines is 1. The molecule has 0 spiro atoms. The van der Waals surface area contributed by atoms with Crippen LogP contribution in [0, 0.1) is 0 Å². The van der Waals surface area contributed by atoms with Gasteiger partial charge in [-0.2, -0.15) is 5.10 Å². The number of H-pyrrole nitrogens is 1. The summed E-state index contributed by atoms with van der Waals surface area (Å²) in [7, 11) is 0.